The summed E-state index contributed by atoms with van der Waals surface area (Å²) >= 11 is 0. The molecule has 12 heteroatoms. The largest absolute Gasteiger partial charge is 0.433 e. The van der Waals surface area contributed by atoms with E-state index in [1.165, 1.54) is 36.1 Å². The van der Waals surface area contributed by atoms with Gasteiger partial charge in [-0.05, 0) is 30.7 Å². The Morgan fingerprint density at radius 1 is 1.10 bits per heavy atom. The fourth-order valence-corrected chi connectivity index (χ4v) is 2.78. The number of amides is 1. The molecule has 6 nitrogen and oxygen atoms in total. The number of carbonyl (C=O) groups is 1. The molecule has 0 fully saturated rings. The van der Waals surface area contributed by atoms with Crippen molar-refractivity contribution < 1.29 is 31.1 Å². The van der Waals surface area contributed by atoms with Crippen LogP contribution in [0.1, 0.15) is 22.5 Å². The van der Waals surface area contributed by atoms with Crippen molar-refractivity contribution in [3.63, 3.8) is 0 Å². The number of hydrogen-bond acceptors (Lipinski definition) is 3. The molecule has 0 saturated heterocycles. The minimum Gasteiger partial charge on any atom is -0.322 e. The van der Waals surface area contributed by atoms with Crippen molar-refractivity contribution in [2.75, 3.05) is 5.32 Å². The molecule has 30 heavy (non-hydrogen) atoms. The second kappa shape index (κ2) is 7.84. The van der Waals surface area contributed by atoms with Gasteiger partial charge in [-0.25, -0.2) is 0 Å². The molecule has 1 amide bonds. The van der Waals surface area contributed by atoms with Crippen LogP contribution in [-0.4, -0.2) is 25.5 Å². The van der Waals surface area contributed by atoms with Crippen molar-refractivity contribution >= 4 is 11.6 Å². The summed E-state index contributed by atoms with van der Waals surface area (Å²) in [4.78, 5) is 12.1. The Balaban J connectivity index is 1.66. The Labute approximate surface area is 166 Å². The summed E-state index contributed by atoms with van der Waals surface area (Å²) in [7, 11) is 0. The molecule has 0 spiro atoms. The van der Waals surface area contributed by atoms with Gasteiger partial charge in [-0.2, -0.15) is 36.5 Å². The zero-order valence-electron chi connectivity index (χ0n) is 15.4. The molecule has 2 aromatic heterocycles. The second-order valence-electron chi connectivity index (χ2n) is 6.50. The first-order valence-corrected chi connectivity index (χ1v) is 8.52. The Morgan fingerprint density at radius 3 is 2.50 bits per heavy atom. The van der Waals surface area contributed by atoms with Crippen molar-refractivity contribution in [3.05, 3.63) is 65.2 Å². The van der Waals surface area contributed by atoms with Crippen LogP contribution in [0.4, 0.5) is 32.0 Å². The molecule has 0 radical (unpaired) electrons. The zero-order chi connectivity index (χ0) is 22.1. The first-order valence-electron chi connectivity index (χ1n) is 8.52. The quantitative estimate of drug-likeness (QED) is 0.619. The highest BCUT2D eigenvalue weighted by Crippen LogP contribution is 2.30. The van der Waals surface area contributed by atoms with Gasteiger partial charge < -0.3 is 5.32 Å². The molecule has 1 aromatic carbocycles. The Hall–Kier alpha value is -3.31. The third-order valence-electron chi connectivity index (χ3n) is 4.00. The number of halogens is 6. The Bertz CT molecular complexity index is 1050. The number of carbonyl (C=O) groups excluding carboxylic acids is 1. The second-order valence-corrected chi connectivity index (χ2v) is 6.50. The number of rotatable bonds is 5. The van der Waals surface area contributed by atoms with Crippen LogP contribution in [0.3, 0.4) is 0 Å². The fraction of sp³-hybridized carbons (Fsp3) is 0.278. The van der Waals surface area contributed by atoms with Gasteiger partial charge in [0.05, 0.1) is 29.7 Å². The standard InChI is InChI=1S/C18H15F6N5O/c1-11-5-15(18(22,23)24)29(27-11)10-16(30)26-14-7-25-28(9-14)8-12-3-2-4-13(6-12)17(19,20)21/h2-7,9H,8,10H2,1H3,(H,26,30). The summed E-state index contributed by atoms with van der Waals surface area (Å²) in [5.41, 5.74) is -1.20. The van der Waals surface area contributed by atoms with Crippen LogP contribution < -0.4 is 5.32 Å². The number of nitrogens with zero attached hydrogens (tertiary/aromatic N) is 4. The summed E-state index contributed by atoms with van der Waals surface area (Å²) in [5.74, 6) is -0.762. The SMILES string of the molecule is Cc1cc(C(F)(F)F)n(CC(=O)Nc2cnn(Cc3cccc(C(F)(F)F)c3)c2)n1. The minimum absolute atomic E-state index is 0.0103. The van der Waals surface area contributed by atoms with Gasteiger partial charge in [-0.15, -0.1) is 0 Å². The van der Waals surface area contributed by atoms with Crippen LogP contribution in [0.25, 0.3) is 0 Å². The van der Waals surface area contributed by atoms with E-state index >= 15 is 0 Å². The lowest BCUT2D eigenvalue weighted by Crippen LogP contribution is -2.23. The lowest BCUT2D eigenvalue weighted by Gasteiger charge is -2.10. The molecule has 0 unspecified atom stereocenters. The van der Waals surface area contributed by atoms with Gasteiger partial charge in [-0.3, -0.25) is 14.2 Å². The minimum atomic E-state index is -4.66. The maximum atomic E-state index is 13.0. The smallest absolute Gasteiger partial charge is 0.322 e. The summed E-state index contributed by atoms with van der Waals surface area (Å²) < 4.78 is 79.1. The molecule has 0 atom stereocenters. The van der Waals surface area contributed by atoms with E-state index in [1.807, 2.05) is 0 Å². The van der Waals surface area contributed by atoms with Crippen molar-refractivity contribution in [1.82, 2.24) is 19.6 Å². The lowest BCUT2D eigenvalue weighted by molar-refractivity contribution is -0.144. The highest BCUT2D eigenvalue weighted by atomic mass is 19.4. The molecule has 2 heterocycles. The highest BCUT2D eigenvalue weighted by Gasteiger charge is 2.35. The van der Waals surface area contributed by atoms with E-state index in [4.69, 9.17) is 0 Å². The summed E-state index contributed by atoms with van der Waals surface area (Å²) in [6.07, 6.45) is -6.53. The first kappa shape index (κ1) is 21.4. The van der Waals surface area contributed by atoms with E-state index in [9.17, 15) is 31.1 Å². The Kier molecular flexibility index (Phi) is 5.59. The number of anilines is 1. The number of nitrogens with one attached hydrogen (secondary N) is 1. The van der Waals surface area contributed by atoms with E-state index in [0.717, 1.165) is 18.2 Å². The Morgan fingerprint density at radius 2 is 1.83 bits per heavy atom. The zero-order valence-corrected chi connectivity index (χ0v) is 15.4. The predicted octanol–water partition coefficient (Wildman–Crippen LogP) is 4.11. The predicted molar refractivity (Wildman–Crippen MR) is 93.4 cm³/mol. The molecule has 0 bridgehead atoms. The van der Waals surface area contributed by atoms with Gasteiger partial charge in [0, 0.05) is 6.20 Å². The summed E-state index contributed by atoms with van der Waals surface area (Å²) in [6, 6.07) is 5.53. The van der Waals surface area contributed by atoms with Crippen molar-refractivity contribution in [2.24, 2.45) is 0 Å². The van der Waals surface area contributed by atoms with Gasteiger partial charge in [0.2, 0.25) is 5.91 Å². The molecule has 160 valence electrons. The summed E-state index contributed by atoms with van der Waals surface area (Å²) in [5, 5.41) is 10.0. The fourth-order valence-electron chi connectivity index (χ4n) is 2.78. The first-order chi connectivity index (χ1) is 13.9. The van der Waals surface area contributed by atoms with Gasteiger partial charge in [-0.1, -0.05) is 12.1 Å². The molecule has 1 N–H and O–H groups in total. The van der Waals surface area contributed by atoms with Gasteiger partial charge in [0.1, 0.15) is 12.2 Å². The number of aryl methyl sites for hydroxylation is 1. The number of hydrogen-bond donors (Lipinski definition) is 1. The molecular weight excluding hydrogens is 416 g/mol. The number of benzene rings is 1. The van der Waals surface area contributed by atoms with Gasteiger partial charge in [0.15, 0.2) is 0 Å². The van der Waals surface area contributed by atoms with Gasteiger partial charge in [0.25, 0.3) is 0 Å². The van der Waals surface area contributed by atoms with Crippen LogP contribution in [0.15, 0.2) is 42.7 Å². The molecule has 0 aliphatic rings. The van der Waals surface area contributed by atoms with E-state index in [-0.39, 0.29) is 17.9 Å². The van der Waals surface area contributed by atoms with E-state index in [2.05, 4.69) is 15.5 Å². The maximum absolute atomic E-state index is 13.0. The van der Waals surface area contributed by atoms with Crippen molar-refractivity contribution in [2.45, 2.75) is 32.4 Å². The molecule has 3 aromatic rings. The van der Waals surface area contributed by atoms with Crippen LogP contribution in [0.5, 0.6) is 0 Å². The van der Waals surface area contributed by atoms with Crippen LogP contribution in [0, 0.1) is 6.92 Å². The maximum Gasteiger partial charge on any atom is 0.433 e. The van der Waals surface area contributed by atoms with Gasteiger partial charge >= 0.3 is 12.4 Å². The third-order valence-corrected chi connectivity index (χ3v) is 4.00. The average Bonchev–Trinajstić information content (AvgIpc) is 3.20. The van der Waals surface area contributed by atoms with Crippen LogP contribution in [-0.2, 0) is 30.2 Å². The highest BCUT2D eigenvalue weighted by molar-refractivity contribution is 5.90. The van der Waals surface area contributed by atoms with Crippen molar-refractivity contribution in [3.8, 4) is 0 Å². The molecule has 0 aliphatic carbocycles. The van der Waals surface area contributed by atoms with Crippen LogP contribution >= 0.6 is 0 Å². The van der Waals surface area contributed by atoms with E-state index in [1.54, 1.807) is 0 Å². The van der Waals surface area contributed by atoms with E-state index in [0.29, 0.717) is 10.2 Å². The lowest BCUT2D eigenvalue weighted by atomic mass is 10.1. The number of alkyl halides is 6. The monoisotopic (exact) mass is 431 g/mol. The van der Waals surface area contributed by atoms with Crippen LogP contribution in [0.2, 0.25) is 0 Å². The number of aromatic nitrogens is 4. The molecule has 3 rings (SSSR count). The molecule has 0 saturated carbocycles. The average molecular weight is 431 g/mol. The molecule has 0 aliphatic heterocycles. The van der Waals surface area contributed by atoms with E-state index < -0.39 is 36.1 Å². The van der Waals surface area contributed by atoms with Crippen molar-refractivity contribution in [1.29, 1.82) is 0 Å². The topological polar surface area (TPSA) is 64.7 Å². The molecular formula is C18H15F6N5O. The normalized spacial score (nSPS) is 12.2. The summed E-state index contributed by atoms with van der Waals surface area (Å²) in [6.45, 7) is 0.722. The third kappa shape index (κ3) is 5.19.